The number of ether oxygens (including phenoxy) is 2. The lowest BCUT2D eigenvalue weighted by Crippen LogP contribution is -2.32. The first-order valence-corrected chi connectivity index (χ1v) is 7.54. The third-order valence-corrected chi connectivity index (χ3v) is 4.56. The normalized spacial score (nSPS) is 25.2. The fourth-order valence-electron chi connectivity index (χ4n) is 3.38. The molecule has 116 valence electrons. The van der Waals surface area contributed by atoms with Crippen molar-refractivity contribution >= 4 is 0 Å². The average Bonchev–Trinajstić information content (AvgIpc) is 2.81. The van der Waals surface area contributed by atoms with E-state index in [1.165, 1.54) is 25.7 Å². The summed E-state index contributed by atoms with van der Waals surface area (Å²) < 4.78 is 34.7. The second kappa shape index (κ2) is 6.28. The first-order chi connectivity index (χ1) is 10.2. The van der Waals surface area contributed by atoms with E-state index >= 15 is 0 Å². The largest absolute Gasteiger partial charge is 0.435 e. The molecule has 1 aromatic rings. The van der Waals surface area contributed by atoms with Gasteiger partial charge in [0, 0.05) is 18.5 Å². The Kier molecular flexibility index (Phi) is 4.40. The van der Waals surface area contributed by atoms with Crippen LogP contribution in [-0.4, -0.2) is 26.3 Å². The number of alkyl halides is 2. The van der Waals surface area contributed by atoms with E-state index in [2.05, 4.69) is 10.1 Å². The van der Waals surface area contributed by atoms with Gasteiger partial charge in [-0.25, -0.2) is 0 Å². The molecule has 1 heterocycles. The smallest absolute Gasteiger partial charge is 0.387 e. The van der Waals surface area contributed by atoms with Gasteiger partial charge in [0.25, 0.3) is 0 Å². The van der Waals surface area contributed by atoms with Gasteiger partial charge in [0.15, 0.2) is 0 Å². The summed E-state index contributed by atoms with van der Waals surface area (Å²) in [5.41, 5.74) is 1.30. The van der Waals surface area contributed by atoms with Crippen molar-refractivity contribution in [2.24, 2.45) is 5.41 Å². The van der Waals surface area contributed by atoms with Crippen LogP contribution in [0.4, 0.5) is 8.78 Å². The Morgan fingerprint density at radius 3 is 2.57 bits per heavy atom. The van der Waals surface area contributed by atoms with Gasteiger partial charge in [0.1, 0.15) is 5.75 Å². The monoisotopic (exact) mass is 297 g/mol. The maximum Gasteiger partial charge on any atom is 0.387 e. The number of hydrogen-bond donors (Lipinski definition) is 1. The Bertz CT molecular complexity index is 458. The molecule has 3 rings (SSSR count). The minimum atomic E-state index is -2.78. The molecule has 1 aromatic carbocycles. The summed E-state index contributed by atoms with van der Waals surface area (Å²) in [6, 6.07) is 6.75. The molecule has 2 fully saturated rings. The summed E-state index contributed by atoms with van der Waals surface area (Å²) in [7, 11) is 0. The van der Waals surface area contributed by atoms with Gasteiger partial charge in [0.05, 0.1) is 12.7 Å². The van der Waals surface area contributed by atoms with Gasteiger partial charge in [-0.2, -0.15) is 8.78 Å². The molecule has 2 aliphatic rings. The second-order valence-electron chi connectivity index (χ2n) is 6.09. The molecule has 0 amide bonds. The molecule has 5 heteroatoms. The van der Waals surface area contributed by atoms with Crippen molar-refractivity contribution in [3.8, 4) is 5.75 Å². The van der Waals surface area contributed by atoms with Crippen molar-refractivity contribution in [2.45, 2.75) is 38.4 Å². The molecule has 3 nitrogen and oxygen atoms in total. The van der Waals surface area contributed by atoms with Crippen molar-refractivity contribution in [3.63, 3.8) is 0 Å². The van der Waals surface area contributed by atoms with E-state index in [-0.39, 0.29) is 11.9 Å². The fraction of sp³-hybridized carbons (Fsp3) is 0.625. The highest BCUT2D eigenvalue weighted by Gasteiger charge is 2.36. The number of rotatable bonds is 3. The predicted molar refractivity (Wildman–Crippen MR) is 75.5 cm³/mol. The average molecular weight is 297 g/mol. The van der Waals surface area contributed by atoms with E-state index in [0.717, 1.165) is 25.3 Å². The SMILES string of the molecule is FC(F)Oc1ccc(C2CNCC3(CCCC3)CO2)cc1. The van der Waals surface area contributed by atoms with E-state index in [9.17, 15) is 8.78 Å². The van der Waals surface area contributed by atoms with Gasteiger partial charge in [0.2, 0.25) is 0 Å². The molecule has 1 saturated carbocycles. The van der Waals surface area contributed by atoms with Crippen LogP contribution in [0.2, 0.25) is 0 Å². The molecule has 1 aliphatic heterocycles. The van der Waals surface area contributed by atoms with Gasteiger partial charge < -0.3 is 14.8 Å². The van der Waals surface area contributed by atoms with E-state index < -0.39 is 6.61 Å². The Balaban J connectivity index is 1.64. The summed E-state index contributed by atoms with van der Waals surface area (Å²) in [6.07, 6.45) is 5.01. The molecule has 1 spiro atoms. The molecule has 1 unspecified atom stereocenters. The molecule has 1 saturated heterocycles. The van der Waals surface area contributed by atoms with Gasteiger partial charge in [-0.3, -0.25) is 0 Å². The van der Waals surface area contributed by atoms with Crippen LogP contribution in [0.25, 0.3) is 0 Å². The number of halogens is 2. The zero-order valence-corrected chi connectivity index (χ0v) is 12.0. The fourth-order valence-corrected chi connectivity index (χ4v) is 3.38. The number of benzene rings is 1. The van der Waals surface area contributed by atoms with Crippen molar-refractivity contribution in [1.82, 2.24) is 5.32 Å². The van der Waals surface area contributed by atoms with Crippen molar-refractivity contribution in [3.05, 3.63) is 29.8 Å². The number of hydrogen-bond acceptors (Lipinski definition) is 3. The number of nitrogens with one attached hydrogen (secondary N) is 1. The summed E-state index contributed by atoms with van der Waals surface area (Å²) >= 11 is 0. The van der Waals surface area contributed by atoms with E-state index in [4.69, 9.17) is 4.74 Å². The highest BCUT2D eigenvalue weighted by molar-refractivity contribution is 5.29. The first kappa shape index (κ1) is 14.7. The van der Waals surface area contributed by atoms with Gasteiger partial charge >= 0.3 is 6.61 Å². The van der Waals surface area contributed by atoms with Crippen molar-refractivity contribution in [1.29, 1.82) is 0 Å². The molecule has 0 radical (unpaired) electrons. The van der Waals surface area contributed by atoms with Gasteiger partial charge in [-0.05, 0) is 30.5 Å². The van der Waals surface area contributed by atoms with Crippen LogP contribution in [0.15, 0.2) is 24.3 Å². The standard InChI is InChI=1S/C16H21F2NO2/c17-15(18)21-13-5-3-12(4-6-13)14-9-19-10-16(11-20-14)7-1-2-8-16/h3-6,14-15,19H,1-2,7-11H2. The maximum atomic E-state index is 12.1. The zero-order valence-electron chi connectivity index (χ0n) is 12.0. The molecular formula is C16H21F2NO2. The van der Waals surface area contributed by atoms with Gasteiger partial charge in [-0.15, -0.1) is 0 Å². The third-order valence-electron chi connectivity index (χ3n) is 4.56. The molecule has 0 aromatic heterocycles. The minimum Gasteiger partial charge on any atom is -0.435 e. The predicted octanol–water partition coefficient (Wildman–Crippen LogP) is 3.51. The van der Waals surface area contributed by atoms with Crippen molar-refractivity contribution in [2.75, 3.05) is 19.7 Å². The minimum absolute atomic E-state index is 0.0226. The molecule has 21 heavy (non-hydrogen) atoms. The lowest BCUT2D eigenvalue weighted by atomic mass is 9.87. The zero-order chi connectivity index (χ0) is 14.7. The second-order valence-corrected chi connectivity index (χ2v) is 6.09. The lowest BCUT2D eigenvalue weighted by Gasteiger charge is -2.26. The highest BCUT2D eigenvalue weighted by Crippen LogP contribution is 2.40. The summed E-state index contributed by atoms with van der Waals surface area (Å²) in [5.74, 6) is 0.183. The molecule has 1 N–H and O–H groups in total. The third kappa shape index (κ3) is 3.52. The molecule has 1 atom stereocenters. The van der Waals surface area contributed by atoms with Crippen LogP contribution in [0.1, 0.15) is 37.4 Å². The first-order valence-electron chi connectivity index (χ1n) is 7.54. The quantitative estimate of drug-likeness (QED) is 0.926. The molecular weight excluding hydrogens is 276 g/mol. The Morgan fingerprint density at radius 2 is 1.90 bits per heavy atom. The van der Waals surface area contributed by atoms with E-state index in [0.29, 0.717) is 5.41 Å². The Hall–Kier alpha value is -1.20. The summed E-state index contributed by atoms with van der Waals surface area (Å²) in [4.78, 5) is 0. The van der Waals surface area contributed by atoms with Gasteiger partial charge in [-0.1, -0.05) is 25.0 Å². The van der Waals surface area contributed by atoms with Crippen LogP contribution in [0.5, 0.6) is 5.75 Å². The Morgan fingerprint density at radius 1 is 1.19 bits per heavy atom. The van der Waals surface area contributed by atoms with Crippen LogP contribution in [0.3, 0.4) is 0 Å². The van der Waals surface area contributed by atoms with E-state index in [1.807, 2.05) is 0 Å². The maximum absolute atomic E-state index is 12.1. The lowest BCUT2D eigenvalue weighted by molar-refractivity contribution is -0.0498. The van der Waals surface area contributed by atoms with E-state index in [1.54, 1.807) is 24.3 Å². The molecule has 1 aliphatic carbocycles. The topological polar surface area (TPSA) is 30.5 Å². The Labute approximate surface area is 123 Å². The van der Waals surface area contributed by atoms with Crippen LogP contribution in [-0.2, 0) is 4.74 Å². The summed E-state index contributed by atoms with van der Waals surface area (Å²) in [5, 5.41) is 3.50. The molecule has 0 bridgehead atoms. The van der Waals surface area contributed by atoms with Crippen molar-refractivity contribution < 1.29 is 18.3 Å². The summed E-state index contributed by atoms with van der Waals surface area (Å²) in [6.45, 7) is -0.235. The van der Waals surface area contributed by atoms with Crippen LogP contribution >= 0.6 is 0 Å². The van der Waals surface area contributed by atoms with Crippen LogP contribution in [0, 0.1) is 5.41 Å². The van der Waals surface area contributed by atoms with Crippen LogP contribution < -0.4 is 10.1 Å². The highest BCUT2D eigenvalue weighted by atomic mass is 19.3.